The topological polar surface area (TPSA) is 49.4 Å². The third kappa shape index (κ3) is 2.79. The smallest absolute Gasteiger partial charge is 0.250 e. The minimum atomic E-state index is -0.912. The van der Waals surface area contributed by atoms with Gasteiger partial charge in [0.1, 0.15) is 17.8 Å². The fourth-order valence-corrected chi connectivity index (χ4v) is 2.85. The largest absolute Gasteiger partial charge is 0.342 e. The van der Waals surface area contributed by atoms with Crippen LogP contribution in [0.25, 0.3) is 0 Å². The lowest BCUT2D eigenvalue weighted by Crippen LogP contribution is -2.63. The van der Waals surface area contributed by atoms with E-state index in [0.717, 1.165) is 17.0 Å². The summed E-state index contributed by atoms with van der Waals surface area (Å²) >= 11 is 2.99. The van der Waals surface area contributed by atoms with Crippen molar-refractivity contribution in [3.63, 3.8) is 0 Å². The van der Waals surface area contributed by atoms with E-state index in [4.69, 9.17) is 0 Å². The van der Waals surface area contributed by atoms with Crippen LogP contribution in [0.1, 0.15) is 26.7 Å². The number of hydrogen-bond donors (Lipinski definition) is 1. The van der Waals surface area contributed by atoms with Gasteiger partial charge in [0, 0.05) is 4.47 Å². The van der Waals surface area contributed by atoms with Crippen LogP contribution in [0.15, 0.2) is 16.6 Å². The summed E-state index contributed by atoms with van der Waals surface area (Å²) in [5, 5.41) is 2.58. The van der Waals surface area contributed by atoms with Gasteiger partial charge < -0.3 is 5.32 Å². The lowest BCUT2D eigenvalue weighted by atomic mass is 10.0. The Hall–Kier alpha value is -1.50. The van der Waals surface area contributed by atoms with Crippen LogP contribution in [0.4, 0.5) is 14.5 Å². The van der Waals surface area contributed by atoms with E-state index in [0.29, 0.717) is 6.42 Å². The van der Waals surface area contributed by atoms with Crippen molar-refractivity contribution in [3.8, 4) is 0 Å². The lowest BCUT2D eigenvalue weighted by molar-refractivity contribution is -0.134. The second-order valence-electron chi connectivity index (χ2n) is 4.82. The van der Waals surface area contributed by atoms with Crippen LogP contribution in [0, 0.1) is 11.6 Å². The van der Waals surface area contributed by atoms with Gasteiger partial charge in [-0.3, -0.25) is 14.5 Å². The number of nitrogens with one attached hydrogen (secondary N) is 1. The minimum Gasteiger partial charge on any atom is -0.342 e. The van der Waals surface area contributed by atoms with Gasteiger partial charge >= 0.3 is 0 Å². The summed E-state index contributed by atoms with van der Waals surface area (Å²) in [6.45, 7) is 3.41. The van der Waals surface area contributed by atoms with Crippen LogP contribution in [0.2, 0.25) is 0 Å². The molecule has 2 rings (SSSR count). The maximum absolute atomic E-state index is 14.1. The molecule has 1 aliphatic rings. The number of nitrogens with zero attached hydrogens (tertiary/aromatic N) is 1. The zero-order valence-corrected chi connectivity index (χ0v) is 13.2. The molecular formula is C14H15BrF2N2O2. The second kappa shape index (κ2) is 6.09. The predicted molar refractivity (Wildman–Crippen MR) is 77.8 cm³/mol. The first-order chi connectivity index (χ1) is 9.90. The van der Waals surface area contributed by atoms with Crippen LogP contribution in [0.3, 0.4) is 0 Å². The number of halogens is 3. The van der Waals surface area contributed by atoms with Gasteiger partial charge in [0.25, 0.3) is 0 Å². The summed E-state index contributed by atoms with van der Waals surface area (Å²) < 4.78 is 28.5. The molecule has 0 aromatic heterocycles. The summed E-state index contributed by atoms with van der Waals surface area (Å²) in [6.07, 6.45) is 0.625. The van der Waals surface area contributed by atoms with Crippen molar-refractivity contribution in [1.82, 2.24) is 5.32 Å². The minimum absolute atomic E-state index is 0.232. The Labute approximate surface area is 129 Å². The van der Waals surface area contributed by atoms with Gasteiger partial charge in [-0.25, -0.2) is 8.78 Å². The van der Waals surface area contributed by atoms with Gasteiger partial charge in [-0.15, -0.1) is 0 Å². The molecule has 7 heteroatoms. The number of benzene rings is 1. The van der Waals surface area contributed by atoms with Crippen molar-refractivity contribution in [2.45, 2.75) is 38.8 Å². The normalized spacial score (nSPS) is 22.4. The van der Waals surface area contributed by atoms with Gasteiger partial charge in [-0.2, -0.15) is 0 Å². The molecule has 1 aliphatic heterocycles. The predicted octanol–water partition coefficient (Wildman–Crippen LogP) is 2.75. The van der Waals surface area contributed by atoms with E-state index in [1.807, 2.05) is 0 Å². The fraction of sp³-hybridized carbons (Fsp3) is 0.429. The average Bonchev–Trinajstić information content (AvgIpc) is 2.41. The van der Waals surface area contributed by atoms with E-state index in [-0.39, 0.29) is 10.9 Å². The Morgan fingerprint density at radius 1 is 1.19 bits per heavy atom. The Bertz CT molecular complexity index is 571. The summed E-state index contributed by atoms with van der Waals surface area (Å²) in [7, 11) is 0. The third-order valence-electron chi connectivity index (χ3n) is 3.48. The Morgan fingerprint density at radius 2 is 1.76 bits per heavy atom. The fourth-order valence-electron chi connectivity index (χ4n) is 2.44. The first-order valence-corrected chi connectivity index (χ1v) is 7.48. The van der Waals surface area contributed by atoms with Gasteiger partial charge in [0.05, 0.1) is 0 Å². The number of hydrogen-bond acceptors (Lipinski definition) is 2. The number of rotatable bonds is 3. The molecule has 2 unspecified atom stereocenters. The van der Waals surface area contributed by atoms with Crippen molar-refractivity contribution in [1.29, 1.82) is 0 Å². The van der Waals surface area contributed by atoms with Crippen molar-refractivity contribution < 1.29 is 18.4 Å². The Morgan fingerprint density at radius 3 is 2.24 bits per heavy atom. The van der Waals surface area contributed by atoms with E-state index in [9.17, 15) is 18.4 Å². The SMILES string of the molecule is CCC1NC(=O)C(CC)N(c2c(F)cc(Br)cc2F)C1=O. The summed E-state index contributed by atoms with van der Waals surface area (Å²) in [6, 6.07) is 0.478. The standard InChI is InChI=1S/C14H15BrF2N2O2/c1-3-10-14(21)19(11(4-2)13(20)18-10)12-8(16)5-7(15)6-9(12)17/h5-6,10-11H,3-4H2,1-2H3,(H,18,20). The Kier molecular flexibility index (Phi) is 4.61. The molecule has 114 valence electrons. The molecule has 21 heavy (non-hydrogen) atoms. The molecule has 1 aromatic rings. The third-order valence-corrected chi connectivity index (χ3v) is 3.94. The monoisotopic (exact) mass is 360 g/mol. The molecule has 0 saturated carbocycles. The van der Waals surface area contributed by atoms with Crippen molar-refractivity contribution >= 4 is 33.4 Å². The van der Waals surface area contributed by atoms with Gasteiger partial charge in [0.2, 0.25) is 11.8 Å². The molecule has 0 spiro atoms. The van der Waals surface area contributed by atoms with Gasteiger partial charge in [-0.1, -0.05) is 29.8 Å². The van der Waals surface area contributed by atoms with Crippen molar-refractivity contribution in [2.24, 2.45) is 0 Å². The molecule has 1 N–H and O–H groups in total. The number of carbonyl (C=O) groups excluding carboxylic acids is 2. The quantitative estimate of drug-likeness (QED) is 0.900. The first-order valence-electron chi connectivity index (χ1n) is 6.68. The van der Waals surface area contributed by atoms with Crippen LogP contribution < -0.4 is 10.2 Å². The lowest BCUT2D eigenvalue weighted by Gasteiger charge is -2.38. The second-order valence-corrected chi connectivity index (χ2v) is 5.74. The van der Waals surface area contributed by atoms with E-state index in [1.54, 1.807) is 13.8 Å². The van der Waals surface area contributed by atoms with Crippen LogP contribution in [-0.4, -0.2) is 23.9 Å². The number of anilines is 1. The van der Waals surface area contributed by atoms with Gasteiger partial charge in [0.15, 0.2) is 11.6 Å². The van der Waals surface area contributed by atoms with E-state index in [2.05, 4.69) is 21.2 Å². The first kappa shape index (κ1) is 15.9. The maximum atomic E-state index is 14.1. The van der Waals surface area contributed by atoms with Gasteiger partial charge in [-0.05, 0) is 25.0 Å². The molecule has 1 aromatic carbocycles. The van der Waals surface area contributed by atoms with E-state index >= 15 is 0 Å². The highest BCUT2D eigenvalue weighted by Gasteiger charge is 2.41. The number of amides is 2. The molecule has 1 heterocycles. The molecule has 2 atom stereocenters. The molecule has 0 bridgehead atoms. The molecule has 0 aliphatic carbocycles. The number of piperazine rings is 1. The highest BCUT2D eigenvalue weighted by Crippen LogP contribution is 2.31. The maximum Gasteiger partial charge on any atom is 0.250 e. The van der Waals surface area contributed by atoms with Crippen molar-refractivity contribution in [2.75, 3.05) is 4.90 Å². The average molecular weight is 361 g/mol. The summed E-state index contributed by atoms with van der Waals surface area (Å²) in [4.78, 5) is 25.4. The van der Waals surface area contributed by atoms with Crippen LogP contribution in [-0.2, 0) is 9.59 Å². The summed E-state index contributed by atoms with van der Waals surface area (Å²) in [5.41, 5.74) is -0.469. The van der Waals surface area contributed by atoms with Crippen LogP contribution >= 0.6 is 15.9 Å². The summed E-state index contributed by atoms with van der Waals surface area (Å²) in [5.74, 6) is -2.65. The number of carbonyl (C=O) groups is 2. The highest BCUT2D eigenvalue weighted by atomic mass is 79.9. The zero-order chi connectivity index (χ0) is 15.7. The molecule has 4 nitrogen and oxygen atoms in total. The highest BCUT2D eigenvalue weighted by molar-refractivity contribution is 9.10. The molecule has 1 fully saturated rings. The van der Waals surface area contributed by atoms with E-state index in [1.165, 1.54) is 0 Å². The van der Waals surface area contributed by atoms with E-state index < -0.39 is 41.2 Å². The molecule has 0 radical (unpaired) electrons. The zero-order valence-electron chi connectivity index (χ0n) is 11.6. The van der Waals surface area contributed by atoms with Crippen molar-refractivity contribution in [3.05, 3.63) is 28.2 Å². The molecule has 2 amide bonds. The Balaban J connectivity index is 2.57. The molecule has 1 saturated heterocycles. The van der Waals surface area contributed by atoms with Crippen LogP contribution in [0.5, 0.6) is 0 Å². The molecular weight excluding hydrogens is 346 g/mol.